The molecule has 1 saturated heterocycles. The average molecular weight is 553 g/mol. The molecule has 2 aromatic carbocycles. The van der Waals surface area contributed by atoms with Gasteiger partial charge in [-0.05, 0) is 72.6 Å². The highest BCUT2D eigenvalue weighted by Crippen LogP contribution is 2.53. The van der Waals surface area contributed by atoms with Gasteiger partial charge in [0.25, 0.3) is 5.91 Å². The second kappa shape index (κ2) is 8.99. The first-order chi connectivity index (χ1) is 16.9. The minimum Gasteiger partial charge on any atom is -0.493 e. The zero-order chi connectivity index (χ0) is 25.8. The number of aromatic hydroxyl groups is 1. The number of likely N-dealkylation sites (tertiary alicyclic amines) is 1. The van der Waals surface area contributed by atoms with Crippen LogP contribution < -0.4 is 4.90 Å². The molecule has 1 aliphatic heterocycles. The van der Waals surface area contributed by atoms with Gasteiger partial charge >= 0.3 is 0 Å². The number of rotatable bonds is 5. The predicted octanol–water partition coefficient (Wildman–Crippen LogP) is 6.96. The molecular formula is C28H34BrN5O2. The van der Waals surface area contributed by atoms with Crippen LogP contribution in [0.1, 0.15) is 50.4 Å². The van der Waals surface area contributed by atoms with Gasteiger partial charge in [-0.3, -0.25) is 14.3 Å². The first kappa shape index (κ1) is 25.0. The van der Waals surface area contributed by atoms with E-state index < -0.39 is 5.91 Å². The van der Waals surface area contributed by atoms with Crippen molar-refractivity contribution in [3.8, 4) is 5.88 Å². The summed E-state index contributed by atoms with van der Waals surface area (Å²) in [7, 11) is 3.90. The van der Waals surface area contributed by atoms with Crippen molar-refractivity contribution >= 4 is 44.1 Å². The Morgan fingerprint density at radius 3 is 2.56 bits per heavy atom. The van der Waals surface area contributed by atoms with Gasteiger partial charge < -0.3 is 10.0 Å². The van der Waals surface area contributed by atoms with Crippen molar-refractivity contribution in [1.82, 2.24) is 9.47 Å². The molecule has 1 aromatic heterocycles. The topological polar surface area (TPSA) is 73.4 Å². The Kier molecular flexibility index (Phi) is 6.24. The zero-order valence-electron chi connectivity index (χ0n) is 21.6. The number of azo groups is 1. The zero-order valence-corrected chi connectivity index (χ0v) is 23.2. The fourth-order valence-electron chi connectivity index (χ4n) is 6.52. The summed E-state index contributed by atoms with van der Waals surface area (Å²) in [5, 5.41) is 20.3. The molecule has 7 nitrogen and oxygen atoms in total. The van der Waals surface area contributed by atoms with Crippen LogP contribution in [-0.4, -0.2) is 47.2 Å². The van der Waals surface area contributed by atoms with Crippen molar-refractivity contribution < 1.29 is 9.90 Å². The molecule has 2 aliphatic rings. The monoisotopic (exact) mass is 551 g/mol. The number of halogens is 1. The van der Waals surface area contributed by atoms with Crippen molar-refractivity contribution in [2.75, 3.05) is 25.5 Å². The molecule has 0 spiro atoms. The minimum atomic E-state index is -0.445. The Morgan fingerprint density at radius 1 is 1.14 bits per heavy atom. The Bertz CT molecular complexity index is 1340. The predicted molar refractivity (Wildman–Crippen MR) is 147 cm³/mol. The van der Waals surface area contributed by atoms with E-state index in [9.17, 15) is 9.90 Å². The number of amides is 1. The highest BCUT2D eigenvalue weighted by molar-refractivity contribution is 9.10. The summed E-state index contributed by atoms with van der Waals surface area (Å²) in [6.07, 6.45) is 3.56. The number of anilines is 1. The van der Waals surface area contributed by atoms with Crippen molar-refractivity contribution in [3.05, 3.63) is 52.5 Å². The third-order valence-electron chi connectivity index (χ3n) is 7.69. The van der Waals surface area contributed by atoms with Crippen molar-refractivity contribution in [2.24, 2.45) is 21.1 Å². The van der Waals surface area contributed by atoms with E-state index >= 15 is 0 Å². The fourth-order valence-corrected chi connectivity index (χ4v) is 6.88. The second-order valence-electron chi connectivity index (χ2n) is 11.8. The van der Waals surface area contributed by atoms with Crippen LogP contribution in [0, 0.1) is 10.8 Å². The van der Waals surface area contributed by atoms with Crippen molar-refractivity contribution in [2.45, 2.75) is 52.7 Å². The van der Waals surface area contributed by atoms with Crippen LogP contribution in [0.4, 0.5) is 11.4 Å². The summed E-state index contributed by atoms with van der Waals surface area (Å²) in [6.45, 7) is 8.71. The van der Waals surface area contributed by atoms with E-state index in [0.717, 1.165) is 34.0 Å². The minimum absolute atomic E-state index is 0.0356. The highest BCUT2D eigenvalue weighted by Gasteiger charge is 2.49. The van der Waals surface area contributed by atoms with Crippen LogP contribution in [0.5, 0.6) is 5.88 Å². The first-order valence-corrected chi connectivity index (χ1v) is 13.2. The molecule has 1 amide bonds. The number of carbonyl (C=O) groups is 1. The van der Waals surface area contributed by atoms with Crippen LogP contribution >= 0.6 is 15.9 Å². The molecular weight excluding hydrogens is 518 g/mol. The van der Waals surface area contributed by atoms with E-state index in [4.69, 9.17) is 0 Å². The Balaban J connectivity index is 1.46. The molecule has 8 heteroatoms. The number of nitrogens with zero attached hydrogens (tertiary/aromatic N) is 5. The summed E-state index contributed by atoms with van der Waals surface area (Å²) in [5.41, 5.74) is 3.26. The number of fused-ring (bicyclic) bond motifs is 3. The first-order valence-electron chi connectivity index (χ1n) is 12.4. The van der Waals surface area contributed by atoms with Crippen molar-refractivity contribution in [3.63, 3.8) is 0 Å². The van der Waals surface area contributed by atoms with Gasteiger partial charge in [-0.1, -0.05) is 36.7 Å². The third kappa shape index (κ3) is 4.68. The number of hydrogen-bond donors (Lipinski definition) is 1. The van der Waals surface area contributed by atoms with Crippen LogP contribution in [0.2, 0.25) is 0 Å². The van der Waals surface area contributed by atoms with Gasteiger partial charge in [-0.15, -0.1) is 10.2 Å². The summed E-state index contributed by atoms with van der Waals surface area (Å²) in [5.74, 6) is -0.410. The van der Waals surface area contributed by atoms with E-state index in [1.165, 1.54) is 12.8 Å². The van der Waals surface area contributed by atoms with E-state index in [0.29, 0.717) is 34.8 Å². The lowest BCUT2D eigenvalue weighted by Gasteiger charge is -2.40. The lowest BCUT2D eigenvalue weighted by atomic mass is 9.65. The van der Waals surface area contributed by atoms with Gasteiger partial charge in [0, 0.05) is 47.8 Å². The largest absolute Gasteiger partial charge is 0.493 e. The molecule has 3 aromatic rings. The number of hydrogen-bond acceptors (Lipinski definition) is 5. The van der Waals surface area contributed by atoms with Gasteiger partial charge in [-0.25, -0.2) is 0 Å². The molecule has 0 unspecified atom stereocenters. The molecule has 1 N–H and O–H groups in total. The molecule has 1 aliphatic carbocycles. The molecule has 36 heavy (non-hydrogen) atoms. The van der Waals surface area contributed by atoms with Crippen LogP contribution in [-0.2, 0) is 6.67 Å². The molecule has 1 saturated carbocycles. The summed E-state index contributed by atoms with van der Waals surface area (Å²) >= 11 is 3.54. The van der Waals surface area contributed by atoms with Gasteiger partial charge in [0.1, 0.15) is 0 Å². The number of aromatic nitrogens is 1. The van der Waals surface area contributed by atoms with Crippen LogP contribution in [0.15, 0.2) is 57.2 Å². The summed E-state index contributed by atoms with van der Waals surface area (Å²) in [4.78, 5) is 17.2. The lowest BCUT2D eigenvalue weighted by molar-refractivity contribution is 0.0995. The fraction of sp³-hybridized carbons (Fsp3) is 0.464. The molecule has 0 radical (unpaired) electrons. The quantitative estimate of drug-likeness (QED) is 0.348. The number of carbonyl (C=O) groups excluding carboxylic acids is 1. The van der Waals surface area contributed by atoms with Crippen molar-refractivity contribution in [1.29, 1.82) is 0 Å². The summed E-state index contributed by atoms with van der Waals surface area (Å²) < 4.78 is 2.78. The van der Waals surface area contributed by atoms with Gasteiger partial charge in [0.2, 0.25) is 5.88 Å². The maximum atomic E-state index is 12.7. The Labute approximate surface area is 220 Å². The molecule has 5 rings (SSSR count). The van der Waals surface area contributed by atoms with Gasteiger partial charge in [0.15, 0.2) is 5.69 Å². The van der Waals surface area contributed by atoms with E-state index in [1.807, 2.05) is 53.9 Å². The molecule has 2 bridgehead atoms. The highest BCUT2D eigenvalue weighted by atomic mass is 79.9. The third-order valence-corrected chi connectivity index (χ3v) is 8.18. The van der Waals surface area contributed by atoms with E-state index in [2.05, 4.69) is 51.8 Å². The number of benzene rings is 2. The lowest BCUT2D eigenvalue weighted by Crippen LogP contribution is -2.35. The summed E-state index contributed by atoms with van der Waals surface area (Å²) in [6, 6.07) is 13.6. The molecule has 190 valence electrons. The maximum Gasteiger partial charge on any atom is 0.295 e. The molecule has 2 fully saturated rings. The Morgan fingerprint density at radius 2 is 1.86 bits per heavy atom. The van der Waals surface area contributed by atoms with E-state index in [1.54, 1.807) is 12.1 Å². The maximum absolute atomic E-state index is 12.7. The van der Waals surface area contributed by atoms with Gasteiger partial charge in [-0.2, -0.15) is 0 Å². The van der Waals surface area contributed by atoms with Crippen LogP contribution in [0.25, 0.3) is 10.9 Å². The van der Waals surface area contributed by atoms with Crippen LogP contribution in [0.3, 0.4) is 0 Å². The SMILES string of the molecule is CN(C)c1ccc(C(=O)N=Nc2c(O)n(CN3C[C@@]4(C)C[C@@H]3CC(C)(C)C4)c3ccc(Br)cc23)cc1. The molecule has 2 atom stereocenters. The average Bonchev–Trinajstić information content (AvgIpc) is 3.19. The second-order valence-corrected chi connectivity index (χ2v) is 12.7. The molecule has 2 heterocycles. The van der Waals surface area contributed by atoms with Gasteiger partial charge in [0.05, 0.1) is 12.2 Å². The smallest absolute Gasteiger partial charge is 0.295 e. The van der Waals surface area contributed by atoms with E-state index in [-0.39, 0.29) is 5.88 Å². The normalized spacial score (nSPS) is 23.6. The standard InChI is InChI=1S/C28H34BrN5O2/c1-27(2)13-21-14-28(3,15-27)16-33(21)17-34-23-11-8-19(29)12-22(23)24(26(34)36)30-31-25(35)18-6-9-20(10-7-18)32(4)5/h6-12,21,36H,13-17H2,1-5H3/t21-,28-/m0/s1. The Hall–Kier alpha value is -2.71.